The van der Waals surface area contributed by atoms with Crippen molar-refractivity contribution in [3.63, 3.8) is 0 Å². The van der Waals surface area contributed by atoms with E-state index in [4.69, 9.17) is 13.8 Å². The van der Waals surface area contributed by atoms with E-state index >= 15 is 0 Å². The van der Waals surface area contributed by atoms with Gasteiger partial charge in [0.1, 0.15) is 13.2 Å². The van der Waals surface area contributed by atoms with Crippen LogP contribution in [0.5, 0.6) is 0 Å². The third-order valence-electron chi connectivity index (χ3n) is 9.55. The molecule has 308 valence electrons. The molecule has 0 aliphatic heterocycles. The van der Waals surface area contributed by atoms with E-state index in [0.717, 1.165) is 57.8 Å². The van der Waals surface area contributed by atoms with Gasteiger partial charge in [-0.15, -0.1) is 0 Å². The highest BCUT2D eigenvalue weighted by molar-refractivity contribution is 7.47. The zero-order valence-corrected chi connectivity index (χ0v) is 35.4. The predicted octanol–water partition coefficient (Wildman–Crippen LogP) is 11.2. The number of nitrogens with zero attached hydrogens (tertiary/aromatic N) is 1. The third-order valence-corrected chi connectivity index (χ3v) is 10.6. The summed E-state index contributed by atoms with van der Waals surface area (Å²) in [5.41, 5.74) is 0. The van der Waals surface area contributed by atoms with E-state index in [1.54, 1.807) is 0 Å². The van der Waals surface area contributed by atoms with Gasteiger partial charge in [0.15, 0.2) is 18.0 Å². The minimum atomic E-state index is -4.66. The summed E-state index contributed by atoms with van der Waals surface area (Å²) in [6, 6.07) is 0. The molecule has 0 bridgehead atoms. The van der Waals surface area contributed by atoms with Crippen LogP contribution >= 0.6 is 7.82 Å². The Morgan fingerprint density at radius 2 is 1.04 bits per heavy atom. The normalized spacial score (nSPS) is 14.4. The number of aliphatic hydroxyl groups excluding tert-OH is 1. The number of ether oxygens (including phenoxy) is 1. The van der Waals surface area contributed by atoms with E-state index < -0.39 is 38.4 Å². The van der Waals surface area contributed by atoms with Crippen molar-refractivity contribution in [3.05, 3.63) is 12.2 Å². The molecule has 10 heteroatoms. The van der Waals surface area contributed by atoms with Gasteiger partial charge in [-0.25, -0.2) is 4.57 Å². The average molecular weight is 761 g/mol. The van der Waals surface area contributed by atoms with Gasteiger partial charge in [0, 0.05) is 12.8 Å². The van der Waals surface area contributed by atoms with Crippen molar-refractivity contribution in [2.24, 2.45) is 0 Å². The highest BCUT2D eigenvalue weighted by Gasteiger charge is 2.38. The number of carbonyl (C=O) groups excluding carboxylic acids is 2. The second kappa shape index (κ2) is 34.4. The van der Waals surface area contributed by atoms with E-state index in [1.165, 1.54) is 96.3 Å². The number of phosphoric ester groups is 1. The molecule has 0 aliphatic carbocycles. The summed E-state index contributed by atoms with van der Waals surface area (Å²) in [6.45, 7) is 4.17. The first-order chi connectivity index (χ1) is 25.0. The second-order valence-electron chi connectivity index (χ2n) is 15.8. The highest BCUT2D eigenvalue weighted by atomic mass is 31.2. The molecule has 0 rings (SSSR count). The Labute approximate surface area is 320 Å². The Kier molecular flexibility index (Phi) is 33.7. The molecule has 0 spiro atoms. The lowest BCUT2D eigenvalue weighted by Crippen LogP contribution is -2.42. The Morgan fingerprint density at radius 3 is 1.46 bits per heavy atom. The van der Waals surface area contributed by atoms with Crippen molar-refractivity contribution < 1.29 is 42.4 Å². The lowest BCUT2D eigenvalue weighted by atomic mass is 10.0. The molecule has 0 aromatic rings. The monoisotopic (exact) mass is 761 g/mol. The number of phosphoric acid groups is 1. The first-order valence-electron chi connectivity index (χ1n) is 21.4. The van der Waals surface area contributed by atoms with Crippen LogP contribution < -0.4 is 0 Å². The fourth-order valence-electron chi connectivity index (χ4n) is 6.16. The van der Waals surface area contributed by atoms with Crippen LogP contribution in [0.2, 0.25) is 0 Å². The first kappa shape index (κ1) is 50.9. The predicted molar refractivity (Wildman–Crippen MR) is 215 cm³/mol. The molecule has 52 heavy (non-hydrogen) atoms. The summed E-state index contributed by atoms with van der Waals surface area (Å²) in [4.78, 5) is 36.5. The maximum Gasteiger partial charge on any atom is 0.473 e. The van der Waals surface area contributed by atoms with Crippen molar-refractivity contribution in [2.45, 2.75) is 206 Å². The van der Waals surface area contributed by atoms with Crippen LogP contribution in [0.3, 0.4) is 0 Å². The van der Waals surface area contributed by atoms with E-state index in [9.17, 15) is 24.2 Å². The fourth-order valence-corrected chi connectivity index (χ4v) is 7.07. The summed E-state index contributed by atoms with van der Waals surface area (Å²) in [6.07, 6.45) is 32.0. The number of hydrogen-bond acceptors (Lipinski definition) is 7. The quantitative estimate of drug-likeness (QED) is 0.0209. The summed E-state index contributed by atoms with van der Waals surface area (Å²) in [5, 5.41) is 10.1. The Bertz CT molecular complexity index is 922. The highest BCUT2D eigenvalue weighted by Crippen LogP contribution is 2.45. The van der Waals surface area contributed by atoms with Crippen LogP contribution in [0.25, 0.3) is 0 Å². The topological polar surface area (TPSA) is 119 Å². The summed E-state index contributed by atoms with van der Waals surface area (Å²) in [5.74, 6) is -1.03. The summed E-state index contributed by atoms with van der Waals surface area (Å²) >= 11 is 0. The van der Waals surface area contributed by atoms with Gasteiger partial charge < -0.3 is 19.2 Å². The number of quaternary nitrogens is 1. The standard InChI is InChI=1S/C42H82NO8P/c1-6-8-10-12-14-16-18-20-21-23-24-26-28-30-32-34-39(45)42(51-52(47,48)49-37-36-43(3,4)5)40(38-44)50-41(46)35-33-31-29-27-25-22-19-17-15-13-11-9-7-2/h20-21,40,42,44H,6-19,22-38H2,1-5H3/p+1/t40-,42?/m0/s1. The molecule has 9 nitrogen and oxygen atoms in total. The molecule has 2 unspecified atom stereocenters. The molecule has 2 N–H and O–H groups in total. The Morgan fingerprint density at radius 1 is 0.635 bits per heavy atom. The van der Waals surface area contributed by atoms with Crippen molar-refractivity contribution >= 4 is 19.6 Å². The van der Waals surface area contributed by atoms with Gasteiger partial charge in [0.2, 0.25) is 0 Å². The van der Waals surface area contributed by atoms with E-state index in [2.05, 4.69) is 26.0 Å². The zero-order chi connectivity index (χ0) is 38.8. The van der Waals surface area contributed by atoms with E-state index in [-0.39, 0.29) is 19.4 Å². The zero-order valence-electron chi connectivity index (χ0n) is 34.5. The average Bonchev–Trinajstić information content (AvgIpc) is 3.09. The van der Waals surface area contributed by atoms with Crippen LogP contribution in [0, 0.1) is 0 Å². The van der Waals surface area contributed by atoms with Crippen molar-refractivity contribution in [3.8, 4) is 0 Å². The lowest BCUT2D eigenvalue weighted by Gasteiger charge is -2.27. The van der Waals surface area contributed by atoms with Gasteiger partial charge in [-0.1, -0.05) is 154 Å². The van der Waals surface area contributed by atoms with Crippen molar-refractivity contribution in [1.82, 2.24) is 0 Å². The van der Waals surface area contributed by atoms with Gasteiger partial charge in [0.05, 0.1) is 27.7 Å². The minimum Gasteiger partial charge on any atom is -0.457 e. The summed E-state index contributed by atoms with van der Waals surface area (Å²) < 4.78 is 29.4. The molecule has 3 atom stereocenters. The molecule has 0 aromatic heterocycles. The fraction of sp³-hybridized carbons (Fsp3) is 0.905. The minimum absolute atomic E-state index is 0.0605. The number of hydrogen-bond donors (Lipinski definition) is 2. The smallest absolute Gasteiger partial charge is 0.457 e. The van der Waals surface area contributed by atoms with E-state index in [1.807, 2.05) is 21.1 Å². The molecule has 0 aliphatic rings. The lowest BCUT2D eigenvalue weighted by molar-refractivity contribution is -0.870. The number of Topliss-reactive ketones (excluding diaryl/α,β-unsaturated/α-hetero) is 1. The van der Waals surface area contributed by atoms with Crippen molar-refractivity contribution in [2.75, 3.05) is 40.9 Å². The Balaban J connectivity index is 4.67. The molecular formula is C42H83NO8P+. The Hall–Kier alpha value is -1.09. The number of unbranched alkanes of at least 4 members (excludes halogenated alkanes) is 23. The van der Waals surface area contributed by atoms with Gasteiger partial charge in [-0.3, -0.25) is 18.6 Å². The third kappa shape index (κ3) is 33.5. The number of likely N-dealkylation sites (N-methyl/N-ethyl adjacent to an activating group) is 1. The van der Waals surface area contributed by atoms with E-state index in [0.29, 0.717) is 23.9 Å². The molecule has 0 amide bonds. The van der Waals surface area contributed by atoms with Crippen molar-refractivity contribution in [1.29, 1.82) is 0 Å². The van der Waals surface area contributed by atoms with Crippen LogP contribution in [-0.4, -0.2) is 79.3 Å². The molecule has 0 heterocycles. The second-order valence-corrected chi connectivity index (χ2v) is 17.3. The van der Waals surface area contributed by atoms with Gasteiger partial charge in [-0.05, 0) is 38.5 Å². The molecule has 0 saturated heterocycles. The van der Waals surface area contributed by atoms with Crippen LogP contribution in [0.1, 0.15) is 194 Å². The van der Waals surface area contributed by atoms with Crippen LogP contribution in [0.15, 0.2) is 12.2 Å². The number of allylic oxidation sites excluding steroid dienone is 2. The molecular weight excluding hydrogens is 677 g/mol. The van der Waals surface area contributed by atoms with Crippen LogP contribution in [-0.2, 0) is 27.9 Å². The first-order valence-corrected chi connectivity index (χ1v) is 22.9. The molecule has 0 fully saturated rings. The maximum atomic E-state index is 13.3. The van der Waals surface area contributed by atoms with Gasteiger partial charge in [0.25, 0.3) is 0 Å². The SMILES string of the molecule is CCCCCCCCC=CCCCCCCCC(=O)C(OP(=O)(O)OCC[N+](C)(C)C)[C@H](CO)OC(=O)CCCCCCCCCCCCCCC. The number of aliphatic hydroxyl groups is 1. The summed E-state index contributed by atoms with van der Waals surface area (Å²) in [7, 11) is 1.10. The number of carbonyl (C=O) groups is 2. The number of ketones is 1. The maximum absolute atomic E-state index is 13.3. The molecule has 0 saturated carbocycles. The van der Waals surface area contributed by atoms with Gasteiger partial charge in [-0.2, -0.15) is 0 Å². The largest absolute Gasteiger partial charge is 0.473 e. The molecule has 0 radical (unpaired) electrons. The molecule has 0 aromatic carbocycles. The number of esters is 1. The van der Waals surface area contributed by atoms with Crippen LogP contribution in [0.4, 0.5) is 0 Å². The number of rotatable bonds is 39. The van der Waals surface area contributed by atoms with Gasteiger partial charge >= 0.3 is 13.8 Å².